The summed E-state index contributed by atoms with van der Waals surface area (Å²) in [6.45, 7) is 4.30. The molecule has 172 valence electrons. The van der Waals surface area contributed by atoms with E-state index < -0.39 is 5.82 Å². The zero-order valence-corrected chi connectivity index (χ0v) is 19.0. The van der Waals surface area contributed by atoms with Crippen molar-refractivity contribution in [3.05, 3.63) is 51.7 Å². The van der Waals surface area contributed by atoms with Crippen molar-refractivity contribution in [2.24, 2.45) is 10.7 Å². The van der Waals surface area contributed by atoms with Gasteiger partial charge < -0.3 is 25.8 Å². The summed E-state index contributed by atoms with van der Waals surface area (Å²) in [7, 11) is 0. The summed E-state index contributed by atoms with van der Waals surface area (Å²) in [5.41, 5.74) is 8.92. The molecule has 4 rings (SSSR count). The van der Waals surface area contributed by atoms with Crippen molar-refractivity contribution in [3.8, 4) is 5.75 Å². The van der Waals surface area contributed by atoms with E-state index >= 15 is 0 Å². The number of aliphatic imine (C=N–C) groups is 1. The smallest absolute Gasteiger partial charge is 0.257 e. The van der Waals surface area contributed by atoms with Gasteiger partial charge in [0.25, 0.3) is 5.91 Å². The zero-order valence-electron chi connectivity index (χ0n) is 18.2. The Kier molecular flexibility index (Phi) is 6.55. The molecule has 3 aliphatic rings. The minimum absolute atomic E-state index is 0.159. The monoisotopic (exact) mass is 462 g/mol. The molecule has 1 saturated carbocycles. The molecule has 1 aromatic carbocycles. The van der Waals surface area contributed by atoms with E-state index in [-0.39, 0.29) is 29.9 Å². The fourth-order valence-corrected chi connectivity index (χ4v) is 4.41. The molecule has 1 amide bonds. The highest BCUT2D eigenvalue weighted by Crippen LogP contribution is 2.30. The summed E-state index contributed by atoms with van der Waals surface area (Å²) in [5, 5.41) is 13.4. The molecule has 1 saturated heterocycles. The number of nitrogens with zero attached hydrogens (tertiary/aromatic N) is 2. The number of carbonyl (C=O) groups excluding carboxylic acids is 1. The van der Waals surface area contributed by atoms with Crippen LogP contribution in [0.2, 0.25) is 0 Å². The predicted octanol–water partition coefficient (Wildman–Crippen LogP) is 3.04. The maximum Gasteiger partial charge on any atom is 0.257 e. The Morgan fingerprint density at radius 2 is 2.03 bits per heavy atom. The van der Waals surface area contributed by atoms with E-state index in [9.17, 15) is 14.3 Å². The van der Waals surface area contributed by atoms with Crippen LogP contribution in [0, 0.1) is 5.82 Å². The van der Waals surface area contributed by atoms with E-state index in [1.165, 1.54) is 18.2 Å². The third-order valence-electron chi connectivity index (χ3n) is 6.16. The molecule has 9 heteroatoms. The van der Waals surface area contributed by atoms with Gasteiger partial charge in [-0.1, -0.05) is 11.6 Å². The molecule has 1 atom stereocenters. The number of aliphatic hydroxyl groups excluding tert-OH is 1. The maximum atomic E-state index is 14.0. The van der Waals surface area contributed by atoms with Crippen LogP contribution >= 0.6 is 11.6 Å². The standard InChI is InChI=1S/C23H28ClFN4O3/c1-12-21(24)13(2)28-22(27-12)18-10-29(11-19(18)26)23(31)17-8-3-14(25)9-20(17)32-16-6-4-15(30)5-7-16/h3,8-9,15-16,19,27,30H,4-7,10-11,26H2,1-2H3/b22-18-. The van der Waals surface area contributed by atoms with Gasteiger partial charge in [-0.2, -0.15) is 0 Å². The van der Waals surface area contributed by atoms with Crippen molar-refractivity contribution in [2.75, 3.05) is 13.1 Å². The van der Waals surface area contributed by atoms with E-state index in [0.29, 0.717) is 60.9 Å². The summed E-state index contributed by atoms with van der Waals surface area (Å²) < 4.78 is 20.0. The van der Waals surface area contributed by atoms with Crippen LogP contribution in [0.5, 0.6) is 5.75 Å². The van der Waals surface area contributed by atoms with Gasteiger partial charge in [0.05, 0.1) is 28.5 Å². The van der Waals surface area contributed by atoms with Crippen molar-refractivity contribution in [1.82, 2.24) is 10.2 Å². The van der Waals surface area contributed by atoms with Crippen LogP contribution in [0.15, 0.2) is 45.3 Å². The first kappa shape index (κ1) is 22.8. The van der Waals surface area contributed by atoms with Crippen LogP contribution in [0.25, 0.3) is 0 Å². The fraction of sp³-hybridized carbons (Fsp3) is 0.478. The normalized spacial score (nSPS) is 28.5. The number of halogens is 2. The predicted molar refractivity (Wildman–Crippen MR) is 121 cm³/mol. The molecule has 1 aliphatic carbocycles. The number of nitrogens with one attached hydrogen (secondary N) is 1. The second-order valence-electron chi connectivity index (χ2n) is 8.62. The number of likely N-dealkylation sites (tertiary alicyclic amines) is 1. The van der Waals surface area contributed by atoms with Gasteiger partial charge in [-0.05, 0) is 51.7 Å². The first-order valence-corrected chi connectivity index (χ1v) is 11.2. The summed E-state index contributed by atoms with van der Waals surface area (Å²) in [6, 6.07) is 3.58. The van der Waals surface area contributed by atoms with Gasteiger partial charge in [0.2, 0.25) is 0 Å². The molecular weight excluding hydrogens is 435 g/mol. The quantitative estimate of drug-likeness (QED) is 0.641. The molecule has 32 heavy (non-hydrogen) atoms. The molecule has 2 heterocycles. The van der Waals surface area contributed by atoms with Gasteiger partial charge in [0.15, 0.2) is 0 Å². The number of ether oxygens (including phenoxy) is 1. The van der Waals surface area contributed by atoms with Crippen LogP contribution in [-0.2, 0) is 0 Å². The summed E-state index contributed by atoms with van der Waals surface area (Å²) >= 11 is 6.21. The summed E-state index contributed by atoms with van der Waals surface area (Å²) in [5.74, 6) is 0.0946. The molecule has 4 N–H and O–H groups in total. The average molecular weight is 463 g/mol. The zero-order chi connectivity index (χ0) is 23.0. The van der Waals surface area contributed by atoms with Gasteiger partial charge >= 0.3 is 0 Å². The Balaban J connectivity index is 1.55. The van der Waals surface area contributed by atoms with E-state index in [4.69, 9.17) is 22.1 Å². The summed E-state index contributed by atoms with van der Waals surface area (Å²) in [4.78, 5) is 19.5. The lowest BCUT2D eigenvalue weighted by atomic mass is 9.95. The highest BCUT2D eigenvalue weighted by molar-refractivity contribution is 6.43. The highest BCUT2D eigenvalue weighted by atomic mass is 35.5. The minimum Gasteiger partial charge on any atom is -0.489 e. The van der Waals surface area contributed by atoms with Gasteiger partial charge in [-0.25, -0.2) is 9.38 Å². The number of amides is 1. The molecule has 2 aliphatic heterocycles. The number of carbonyl (C=O) groups is 1. The molecule has 0 bridgehead atoms. The molecular formula is C23H28ClFN4O3. The second kappa shape index (κ2) is 9.21. The number of rotatable bonds is 3. The van der Waals surface area contributed by atoms with Crippen molar-refractivity contribution in [3.63, 3.8) is 0 Å². The largest absolute Gasteiger partial charge is 0.489 e. The topological polar surface area (TPSA) is 100 Å². The Morgan fingerprint density at radius 1 is 1.31 bits per heavy atom. The van der Waals surface area contributed by atoms with Crippen LogP contribution in [-0.4, -0.2) is 53.0 Å². The number of aliphatic hydroxyl groups is 1. The Labute approximate surface area is 191 Å². The van der Waals surface area contributed by atoms with E-state index in [2.05, 4.69) is 10.3 Å². The number of hydrogen-bond acceptors (Lipinski definition) is 6. The Hall–Kier alpha value is -2.42. The fourth-order valence-electron chi connectivity index (χ4n) is 4.32. The molecule has 1 unspecified atom stereocenters. The minimum atomic E-state index is -0.469. The van der Waals surface area contributed by atoms with Gasteiger partial charge in [0, 0.05) is 36.5 Å². The van der Waals surface area contributed by atoms with E-state index in [1.807, 2.05) is 13.8 Å². The number of nitrogens with two attached hydrogens (primary N) is 1. The number of benzene rings is 1. The second-order valence-corrected chi connectivity index (χ2v) is 8.99. The molecule has 7 nitrogen and oxygen atoms in total. The van der Waals surface area contributed by atoms with Crippen LogP contribution < -0.4 is 15.8 Å². The number of allylic oxidation sites excluding steroid dienone is 2. The van der Waals surface area contributed by atoms with Gasteiger partial charge in [-0.3, -0.25) is 4.79 Å². The Bertz CT molecular complexity index is 1010. The van der Waals surface area contributed by atoms with Crippen LogP contribution in [0.4, 0.5) is 4.39 Å². The number of hydrogen-bond donors (Lipinski definition) is 3. The molecule has 0 aromatic heterocycles. The first-order valence-electron chi connectivity index (χ1n) is 10.8. The van der Waals surface area contributed by atoms with Crippen LogP contribution in [0.1, 0.15) is 49.9 Å². The third-order valence-corrected chi connectivity index (χ3v) is 6.72. The molecule has 1 aromatic rings. The average Bonchev–Trinajstić information content (AvgIpc) is 3.14. The summed E-state index contributed by atoms with van der Waals surface area (Å²) in [6.07, 6.45) is 2.10. The van der Waals surface area contributed by atoms with Crippen molar-refractivity contribution >= 4 is 23.2 Å². The lowest BCUT2D eigenvalue weighted by Gasteiger charge is -2.27. The van der Waals surface area contributed by atoms with E-state index in [0.717, 1.165) is 11.3 Å². The van der Waals surface area contributed by atoms with Crippen LogP contribution in [0.3, 0.4) is 0 Å². The van der Waals surface area contributed by atoms with Gasteiger partial charge in [0.1, 0.15) is 17.4 Å². The van der Waals surface area contributed by atoms with Crippen molar-refractivity contribution < 1.29 is 19.0 Å². The SMILES string of the molecule is CC1=N/C(=C2/CN(C(=O)c3ccc(F)cc3OC3CCC(O)CC3)CC2N)NC(C)=C1Cl. The molecule has 0 spiro atoms. The van der Waals surface area contributed by atoms with Gasteiger partial charge in [-0.15, -0.1) is 0 Å². The van der Waals surface area contributed by atoms with Crippen molar-refractivity contribution in [1.29, 1.82) is 0 Å². The molecule has 0 radical (unpaired) electrons. The third kappa shape index (κ3) is 4.67. The lowest BCUT2D eigenvalue weighted by molar-refractivity contribution is 0.0638. The lowest BCUT2D eigenvalue weighted by Crippen LogP contribution is -2.33. The maximum absolute atomic E-state index is 14.0. The Morgan fingerprint density at radius 3 is 2.72 bits per heavy atom. The first-order chi connectivity index (χ1) is 15.2. The molecule has 2 fully saturated rings. The highest BCUT2D eigenvalue weighted by Gasteiger charge is 2.34. The van der Waals surface area contributed by atoms with Crippen molar-refractivity contribution in [2.45, 2.75) is 57.8 Å². The van der Waals surface area contributed by atoms with E-state index in [1.54, 1.807) is 4.90 Å².